The van der Waals surface area contributed by atoms with Crippen molar-refractivity contribution in [3.63, 3.8) is 0 Å². The molecule has 23 heteroatoms. The lowest BCUT2D eigenvalue weighted by Crippen LogP contribution is -2.61. The van der Waals surface area contributed by atoms with Crippen LogP contribution in [0.2, 0.25) is 0 Å². The van der Waals surface area contributed by atoms with E-state index in [4.69, 9.17) is 11.5 Å². The Bertz CT molecular complexity index is 2700. The molecule has 5 rings (SSSR count). The van der Waals surface area contributed by atoms with Gasteiger partial charge in [-0.15, -0.1) is 0 Å². The Morgan fingerprint density at radius 3 is 1.83 bits per heavy atom. The molecule has 4 aromatic rings. The average Bonchev–Trinajstić information content (AvgIpc) is 3.79. The molecule has 0 spiro atoms. The van der Waals surface area contributed by atoms with Crippen molar-refractivity contribution in [2.75, 3.05) is 18.1 Å². The summed E-state index contributed by atoms with van der Waals surface area (Å²) >= 11 is 0. The lowest BCUT2D eigenvalue weighted by Gasteiger charge is -2.29. The summed E-state index contributed by atoms with van der Waals surface area (Å²) in [6, 6.07) is 12.1. The summed E-state index contributed by atoms with van der Waals surface area (Å²) in [6.45, 7) is 9.58. The minimum absolute atomic E-state index is 0.0533. The molecule has 77 heavy (non-hydrogen) atoms. The van der Waals surface area contributed by atoms with Crippen LogP contribution in [-0.4, -0.2) is 135 Å². The van der Waals surface area contributed by atoms with Crippen LogP contribution in [-0.2, 0) is 67.8 Å². The zero-order valence-corrected chi connectivity index (χ0v) is 45.5. The van der Waals surface area contributed by atoms with Crippen LogP contribution in [0.5, 0.6) is 0 Å². The highest BCUT2D eigenvalue weighted by atomic mass is 33.1. The number of fused-ring (bicyclic) bond motifs is 1. The van der Waals surface area contributed by atoms with E-state index < -0.39 is 114 Å². The molecule has 1 aliphatic rings. The molecule has 1 aromatic heterocycles. The van der Waals surface area contributed by atoms with E-state index >= 15 is 0 Å². The van der Waals surface area contributed by atoms with Crippen molar-refractivity contribution in [3.8, 4) is 0 Å². The molecular formula is C54H72N10O11S2. The number of aliphatic carboxylic acids is 2. The van der Waals surface area contributed by atoms with Gasteiger partial charge < -0.3 is 63.9 Å². The zero-order chi connectivity index (χ0) is 56.4. The molecule has 1 aliphatic heterocycles. The van der Waals surface area contributed by atoms with Crippen LogP contribution in [0.1, 0.15) is 82.6 Å². The number of aromatic nitrogens is 1. The van der Waals surface area contributed by atoms with Gasteiger partial charge >= 0.3 is 11.9 Å². The Morgan fingerprint density at radius 2 is 1.23 bits per heavy atom. The first-order valence-electron chi connectivity index (χ1n) is 25.5. The van der Waals surface area contributed by atoms with Crippen LogP contribution >= 0.6 is 21.6 Å². The molecule has 3 aromatic carbocycles. The summed E-state index contributed by atoms with van der Waals surface area (Å²) in [7, 11) is 1.94. The van der Waals surface area contributed by atoms with Gasteiger partial charge in [0.15, 0.2) is 0 Å². The van der Waals surface area contributed by atoms with Gasteiger partial charge in [0.1, 0.15) is 42.3 Å². The van der Waals surface area contributed by atoms with E-state index in [0.29, 0.717) is 29.5 Å². The molecule has 2 heterocycles. The van der Waals surface area contributed by atoms with Gasteiger partial charge in [0.05, 0.1) is 12.5 Å². The highest BCUT2D eigenvalue weighted by molar-refractivity contribution is 8.76. The number of carboxylic acids is 2. The van der Waals surface area contributed by atoms with Crippen LogP contribution < -0.4 is 48.7 Å². The number of H-pyrrole nitrogens is 1. The highest BCUT2D eigenvalue weighted by Gasteiger charge is 2.36. The summed E-state index contributed by atoms with van der Waals surface area (Å²) in [5.74, 6) is -9.73. The Hall–Kier alpha value is -6.95. The number of carbonyl (C=O) groups is 9. The first kappa shape index (κ1) is 60.9. The molecule has 0 radical (unpaired) electrons. The Balaban J connectivity index is 1.63. The number of nitrogens with two attached hydrogens (primary N) is 2. The topological polar surface area (TPSA) is 346 Å². The number of carboxylic acid groups (broad SMARTS) is 2. The van der Waals surface area contributed by atoms with E-state index in [-0.39, 0.29) is 49.1 Å². The highest BCUT2D eigenvalue weighted by Crippen LogP contribution is 2.26. The third kappa shape index (κ3) is 18.6. The Morgan fingerprint density at radius 1 is 0.688 bits per heavy atom. The average molecular weight is 1100 g/mol. The first-order chi connectivity index (χ1) is 36.5. The molecule has 1 saturated heterocycles. The molecule has 21 nitrogen and oxygen atoms in total. The number of benzene rings is 3. The van der Waals surface area contributed by atoms with E-state index in [2.05, 4.69) is 42.2 Å². The van der Waals surface area contributed by atoms with Gasteiger partial charge in [-0.2, -0.15) is 0 Å². The lowest BCUT2D eigenvalue weighted by molar-refractivity contribution is -0.143. The standard InChI is InChI=1S/C54H72N10O11S2/c1-30(2)45(53(74)75)64-52(73)43-29-77-76-28-42(62-46(67)36(56)26-44(65)66)51(72)60-39(23-31-13-7-6-8-14-31)48(69)61-41(25-33-27-57-37-16-10-9-15-35(33)37)50(71)58-38(17-11-12-22-55)47(68)59-40(49(70)63-43)24-32-18-20-34(21-19-32)54(3,4)5/h6-10,13-16,18-21,27,30,36,38-43,45,57H,11-12,17,22-26,28-29,55-56H2,1-5H3,(H,58,71)(H,59,68)(H,60,72)(H,61,69)(H,62,67)(H,63,70)(H,64,73)(H,65,66)(H,74,75)/t36-,38-,39-,40-,41-,42-,43-,45-/m0/s1. The van der Waals surface area contributed by atoms with Crippen LogP contribution in [0.3, 0.4) is 0 Å². The fraction of sp³-hybridized carbons (Fsp3) is 0.463. The second-order valence-corrected chi connectivity index (χ2v) is 23.0. The van der Waals surface area contributed by atoms with Crippen LogP contribution in [0.25, 0.3) is 10.9 Å². The monoisotopic (exact) mass is 1100 g/mol. The van der Waals surface area contributed by atoms with E-state index in [0.717, 1.165) is 38.1 Å². The third-order valence-electron chi connectivity index (χ3n) is 12.9. The fourth-order valence-corrected chi connectivity index (χ4v) is 10.8. The van der Waals surface area contributed by atoms with Crippen LogP contribution in [0, 0.1) is 5.92 Å². The molecular weight excluding hydrogens is 1030 g/mol. The van der Waals surface area contributed by atoms with Crippen molar-refractivity contribution in [3.05, 3.63) is 107 Å². The molecule has 0 unspecified atom stereocenters. The summed E-state index contributed by atoms with van der Waals surface area (Å²) in [5, 5.41) is 39.1. The van der Waals surface area contributed by atoms with Crippen molar-refractivity contribution >= 4 is 85.8 Å². The van der Waals surface area contributed by atoms with Crippen molar-refractivity contribution in [1.82, 2.24) is 42.2 Å². The number of carbonyl (C=O) groups excluding carboxylic acids is 7. The molecule has 416 valence electrons. The van der Waals surface area contributed by atoms with Gasteiger partial charge in [-0.25, -0.2) is 4.79 Å². The second-order valence-electron chi connectivity index (χ2n) is 20.4. The molecule has 1 fully saturated rings. The zero-order valence-electron chi connectivity index (χ0n) is 43.9. The molecule has 14 N–H and O–H groups in total. The molecule has 7 amide bonds. The van der Waals surface area contributed by atoms with Crippen LogP contribution in [0.4, 0.5) is 0 Å². The van der Waals surface area contributed by atoms with E-state index in [1.807, 2.05) is 69.3 Å². The van der Waals surface area contributed by atoms with Gasteiger partial charge in [-0.05, 0) is 65.5 Å². The van der Waals surface area contributed by atoms with E-state index in [1.165, 1.54) is 0 Å². The Labute approximate surface area is 455 Å². The molecule has 0 saturated carbocycles. The van der Waals surface area contributed by atoms with Gasteiger partial charge in [-0.1, -0.05) is 129 Å². The fourth-order valence-electron chi connectivity index (χ4n) is 8.42. The third-order valence-corrected chi connectivity index (χ3v) is 15.3. The summed E-state index contributed by atoms with van der Waals surface area (Å²) in [6.07, 6.45) is 1.51. The summed E-state index contributed by atoms with van der Waals surface area (Å²) in [4.78, 5) is 128. The SMILES string of the molecule is CC(C)[C@H](NC(=O)[C@@H]1CSSC[C@H](NC(=O)[C@@H](N)CC(=O)O)C(=O)N[C@@H](Cc2ccccc2)C(=O)N[C@@H](Cc2c[nH]c3ccccc23)C(=O)N[C@@H](CCCCN)C(=O)N[C@@H](Cc2ccc(C(C)(C)C)cc2)C(=O)N1)C(=O)O. The quantitative estimate of drug-likeness (QED) is 0.0501. The largest absolute Gasteiger partial charge is 0.481 e. The van der Waals surface area contributed by atoms with Gasteiger partial charge in [0.2, 0.25) is 41.4 Å². The molecule has 0 bridgehead atoms. The maximum atomic E-state index is 14.9. The summed E-state index contributed by atoms with van der Waals surface area (Å²) in [5.41, 5.74) is 15.2. The number of para-hydroxylation sites is 1. The van der Waals surface area contributed by atoms with Crippen molar-refractivity contribution in [1.29, 1.82) is 0 Å². The van der Waals surface area contributed by atoms with Gasteiger partial charge in [-0.3, -0.25) is 38.4 Å². The molecule has 0 aliphatic carbocycles. The minimum atomic E-state index is -1.58. The number of aromatic amines is 1. The summed E-state index contributed by atoms with van der Waals surface area (Å²) < 4.78 is 0. The van der Waals surface area contributed by atoms with Gasteiger partial charge in [0.25, 0.3) is 0 Å². The second kappa shape index (κ2) is 29.0. The number of amides is 7. The number of nitrogens with one attached hydrogen (secondary N) is 8. The number of hydrogen-bond donors (Lipinski definition) is 12. The van der Waals surface area contributed by atoms with E-state index in [9.17, 15) is 53.4 Å². The Kier molecular flexibility index (Phi) is 22.9. The van der Waals surface area contributed by atoms with Crippen molar-refractivity contribution < 1.29 is 53.4 Å². The van der Waals surface area contributed by atoms with Crippen LogP contribution in [0.15, 0.2) is 85.1 Å². The smallest absolute Gasteiger partial charge is 0.326 e. The minimum Gasteiger partial charge on any atom is -0.481 e. The normalized spacial score (nSPS) is 21.3. The predicted octanol–water partition coefficient (Wildman–Crippen LogP) is 1.95. The van der Waals surface area contributed by atoms with Gasteiger partial charge in [0, 0.05) is 47.9 Å². The number of hydrogen-bond acceptors (Lipinski definition) is 13. The number of rotatable bonds is 18. The first-order valence-corrected chi connectivity index (χ1v) is 28.0. The predicted molar refractivity (Wildman–Crippen MR) is 295 cm³/mol. The van der Waals surface area contributed by atoms with Crippen molar-refractivity contribution in [2.45, 2.75) is 133 Å². The number of unbranched alkanes of at least 4 members (excludes halogenated alkanes) is 1. The maximum absolute atomic E-state index is 14.9. The molecule has 8 atom stereocenters. The lowest BCUT2D eigenvalue weighted by atomic mass is 9.86. The van der Waals surface area contributed by atoms with E-state index in [1.54, 1.807) is 50.4 Å². The van der Waals surface area contributed by atoms with Crippen molar-refractivity contribution in [2.24, 2.45) is 17.4 Å². The maximum Gasteiger partial charge on any atom is 0.326 e.